The van der Waals surface area contributed by atoms with Gasteiger partial charge in [-0.25, -0.2) is 4.79 Å². The van der Waals surface area contributed by atoms with Gasteiger partial charge >= 0.3 is 6.03 Å². The Kier molecular flexibility index (Phi) is 2.68. The average Bonchev–Trinajstić information content (AvgIpc) is 2.28. The number of likely N-dealkylation sites (N-methyl/N-ethyl adjacent to an activating group) is 1. The predicted molar refractivity (Wildman–Crippen MR) is 44.6 cm³/mol. The molecule has 0 aromatic rings. The maximum atomic E-state index is 11.2. The van der Waals surface area contributed by atoms with E-state index < -0.39 is 0 Å². The van der Waals surface area contributed by atoms with E-state index in [0.29, 0.717) is 6.54 Å². The minimum Gasteiger partial charge on any atom is -0.313 e. The highest BCUT2D eigenvalue weighted by Gasteiger charge is 2.35. The van der Waals surface area contributed by atoms with Crippen LogP contribution in [0.2, 0.25) is 0 Å². The third kappa shape index (κ3) is 1.42. The number of urea groups is 1. The van der Waals surface area contributed by atoms with Crippen LogP contribution in [-0.4, -0.2) is 29.4 Å². The number of carbonyl (C=O) groups excluding carboxylic acids is 2. The molecule has 0 aliphatic carbocycles. The van der Waals surface area contributed by atoms with E-state index in [4.69, 9.17) is 0 Å². The molecule has 0 saturated carbocycles. The van der Waals surface area contributed by atoms with Gasteiger partial charge in [0.25, 0.3) is 5.91 Å². The van der Waals surface area contributed by atoms with Crippen molar-refractivity contribution in [1.82, 2.24) is 10.2 Å². The van der Waals surface area contributed by atoms with Gasteiger partial charge in [-0.05, 0) is 13.3 Å². The summed E-state index contributed by atoms with van der Waals surface area (Å²) < 4.78 is 0. The Bertz CT molecular complexity index is 203. The number of rotatable bonds is 3. The first-order valence-electron chi connectivity index (χ1n) is 4.32. The average molecular weight is 170 g/mol. The van der Waals surface area contributed by atoms with Crippen LogP contribution in [0, 0.1) is 0 Å². The SMILES string of the molecule is CCCC1C(=O)NC(=O)N1CC. The lowest BCUT2D eigenvalue weighted by Crippen LogP contribution is -2.34. The quantitative estimate of drug-likeness (QED) is 0.635. The Labute approximate surface area is 71.9 Å². The number of carbonyl (C=O) groups is 2. The topological polar surface area (TPSA) is 49.4 Å². The number of nitrogens with one attached hydrogen (secondary N) is 1. The van der Waals surface area contributed by atoms with Crippen LogP contribution in [0.15, 0.2) is 0 Å². The molecule has 4 nitrogen and oxygen atoms in total. The Morgan fingerprint density at radius 1 is 1.42 bits per heavy atom. The summed E-state index contributed by atoms with van der Waals surface area (Å²) in [6.45, 7) is 4.48. The fourth-order valence-corrected chi connectivity index (χ4v) is 1.47. The van der Waals surface area contributed by atoms with Crippen LogP contribution in [0.4, 0.5) is 4.79 Å². The Morgan fingerprint density at radius 2 is 2.08 bits per heavy atom. The van der Waals surface area contributed by atoms with Gasteiger partial charge in [-0.2, -0.15) is 0 Å². The number of hydrogen-bond donors (Lipinski definition) is 1. The second-order valence-corrected chi connectivity index (χ2v) is 2.88. The third-order valence-corrected chi connectivity index (χ3v) is 2.07. The first-order chi connectivity index (χ1) is 5.70. The molecule has 1 rings (SSSR count). The highest BCUT2D eigenvalue weighted by Crippen LogP contribution is 2.12. The van der Waals surface area contributed by atoms with Crippen LogP contribution in [-0.2, 0) is 4.79 Å². The van der Waals surface area contributed by atoms with Crippen molar-refractivity contribution < 1.29 is 9.59 Å². The van der Waals surface area contributed by atoms with Crippen molar-refractivity contribution in [1.29, 1.82) is 0 Å². The van der Waals surface area contributed by atoms with Crippen LogP contribution in [0.25, 0.3) is 0 Å². The van der Waals surface area contributed by atoms with E-state index in [2.05, 4.69) is 5.32 Å². The van der Waals surface area contributed by atoms with Crippen molar-refractivity contribution in [2.45, 2.75) is 32.7 Å². The normalized spacial score (nSPS) is 23.2. The van der Waals surface area contributed by atoms with Crippen LogP contribution in [0.5, 0.6) is 0 Å². The number of nitrogens with zero attached hydrogens (tertiary/aromatic N) is 1. The minimum absolute atomic E-state index is 0.149. The summed E-state index contributed by atoms with van der Waals surface area (Å²) in [5, 5.41) is 2.30. The van der Waals surface area contributed by atoms with Gasteiger partial charge in [-0.15, -0.1) is 0 Å². The maximum absolute atomic E-state index is 11.2. The maximum Gasteiger partial charge on any atom is 0.324 e. The fourth-order valence-electron chi connectivity index (χ4n) is 1.47. The predicted octanol–water partition coefficient (Wildman–Crippen LogP) is 0.727. The molecule has 0 radical (unpaired) electrons. The lowest BCUT2D eigenvalue weighted by atomic mass is 10.1. The van der Waals surface area contributed by atoms with Crippen molar-refractivity contribution in [2.75, 3.05) is 6.54 Å². The van der Waals surface area contributed by atoms with Gasteiger partial charge in [0.15, 0.2) is 0 Å². The minimum atomic E-state index is -0.249. The standard InChI is InChI=1S/C8H14N2O2/c1-3-5-6-7(11)9-8(12)10(6)4-2/h6H,3-5H2,1-2H3,(H,9,11,12). The zero-order chi connectivity index (χ0) is 9.14. The Morgan fingerprint density at radius 3 is 2.58 bits per heavy atom. The van der Waals surface area contributed by atoms with E-state index in [0.717, 1.165) is 12.8 Å². The van der Waals surface area contributed by atoms with Crippen molar-refractivity contribution in [3.05, 3.63) is 0 Å². The summed E-state index contributed by atoms with van der Waals surface area (Å²) in [7, 11) is 0. The molecule has 0 bridgehead atoms. The third-order valence-electron chi connectivity index (χ3n) is 2.07. The van der Waals surface area contributed by atoms with Gasteiger partial charge in [-0.3, -0.25) is 10.1 Å². The van der Waals surface area contributed by atoms with Crippen LogP contribution in [0.3, 0.4) is 0 Å². The van der Waals surface area contributed by atoms with E-state index in [1.807, 2.05) is 13.8 Å². The molecular formula is C8H14N2O2. The van der Waals surface area contributed by atoms with Gasteiger partial charge in [-0.1, -0.05) is 13.3 Å². The van der Waals surface area contributed by atoms with Gasteiger partial charge in [0.1, 0.15) is 6.04 Å². The van der Waals surface area contributed by atoms with Gasteiger partial charge < -0.3 is 4.90 Å². The Hall–Kier alpha value is -1.06. The molecule has 68 valence electrons. The van der Waals surface area contributed by atoms with E-state index in [1.165, 1.54) is 0 Å². The first-order valence-corrected chi connectivity index (χ1v) is 4.32. The molecule has 1 fully saturated rings. The molecule has 0 spiro atoms. The molecule has 1 heterocycles. The molecule has 3 amide bonds. The number of amides is 3. The molecule has 1 aliphatic rings. The zero-order valence-corrected chi connectivity index (χ0v) is 7.46. The van der Waals surface area contributed by atoms with Crippen LogP contribution >= 0.6 is 0 Å². The first kappa shape index (κ1) is 9.03. The molecule has 12 heavy (non-hydrogen) atoms. The van der Waals surface area contributed by atoms with Crippen molar-refractivity contribution in [2.24, 2.45) is 0 Å². The van der Waals surface area contributed by atoms with Crippen LogP contribution < -0.4 is 5.32 Å². The smallest absolute Gasteiger partial charge is 0.313 e. The lowest BCUT2D eigenvalue weighted by Gasteiger charge is -2.18. The van der Waals surface area contributed by atoms with Crippen molar-refractivity contribution in [3.63, 3.8) is 0 Å². The van der Waals surface area contributed by atoms with Crippen LogP contribution in [0.1, 0.15) is 26.7 Å². The van der Waals surface area contributed by atoms with Gasteiger partial charge in [0.2, 0.25) is 0 Å². The molecule has 1 saturated heterocycles. The van der Waals surface area contributed by atoms with Gasteiger partial charge in [0.05, 0.1) is 0 Å². The summed E-state index contributed by atoms with van der Waals surface area (Å²) in [6, 6.07) is -0.478. The number of hydrogen-bond acceptors (Lipinski definition) is 2. The molecule has 4 heteroatoms. The highest BCUT2D eigenvalue weighted by molar-refractivity contribution is 6.04. The zero-order valence-electron chi connectivity index (χ0n) is 7.46. The summed E-state index contributed by atoms with van der Waals surface area (Å²) in [5.74, 6) is -0.149. The molecule has 1 unspecified atom stereocenters. The molecule has 1 atom stereocenters. The van der Waals surface area contributed by atoms with Crippen molar-refractivity contribution in [3.8, 4) is 0 Å². The highest BCUT2D eigenvalue weighted by atomic mass is 16.2. The monoisotopic (exact) mass is 170 g/mol. The second-order valence-electron chi connectivity index (χ2n) is 2.88. The van der Waals surface area contributed by atoms with E-state index >= 15 is 0 Å². The van der Waals surface area contributed by atoms with Gasteiger partial charge in [0, 0.05) is 6.54 Å². The second kappa shape index (κ2) is 3.56. The summed E-state index contributed by atoms with van der Waals surface area (Å²) >= 11 is 0. The lowest BCUT2D eigenvalue weighted by molar-refractivity contribution is -0.121. The largest absolute Gasteiger partial charge is 0.324 e. The molecule has 0 aromatic carbocycles. The van der Waals surface area contributed by atoms with E-state index in [9.17, 15) is 9.59 Å². The molecular weight excluding hydrogens is 156 g/mol. The van der Waals surface area contributed by atoms with E-state index in [1.54, 1.807) is 4.90 Å². The number of imide groups is 1. The molecule has 1 aliphatic heterocycles. The van der Waals surface area contributed by atoms with Crippen molar-refractivity contribution >= 4 is 11.9 Å². The fraction of sp³-hybridized carbons (Fsp3) is 0.750. The van der Waals surface area contributed by atoms with E-state index in [-0.39, 0.29) is 18.0 Å². The summed E-state index contributed by atoms with van der Waals surface area (Å²) in [4.78, 5) is 23.8. The molecule has 1 N–H and O–H groups in total. The molecule has 0 aromatic heterocycles. The Balaban J connectivity index is 2.68. The summed E-state index contributed by atoms with van der Waals surface area (Å²) in [5.41, 5.74) is 0. The summed E-state index contributed by atoms with van der Waals surface area (Å²) in [6.07, 6.45) is 1.67.